The molecule has 0 atom stereocenters. The molecule has 3 heteroatoms. The predicted octanol–water partition coefficient (Wildman–Crippen LogP) is 4.23. The van der Waals surface area contributed by atoms with Crippen LogP contribution in [0.25, 0.3) is 0 Å². The lowest BCUT2D eigenvalue weighted by Gasteiger charge is -2.28. The highest BCUT2D eigenvalue weighted by atomic mass is 16.5. The zero-order valence-electron chi connectivity index (χ0n) is 11.8. The minimum absolute atomic E-state index is 0.337. The number of hydrogen-bond acceptors (Lipinski definition) is 3. The molecule has 1 saturated carbocycles. The molecule has 3 nitrogen and oxygen atoms in total. The SMILES string of the molecule is CCC1CCC(Oc2cccc(C(C)=NO)c2)CC1. The zero-order valence-corrected chi connectivity index (χ0v) is 11.8. The highest BCUT2D eigenvalue weighted by molar-refractivity contribution is 5.98. The third kappa shape index (κ3) is 3.72. The predicted molar refractivity (Wildman–Crippen MR) is 77.1 cm³/mol. The summed E-state index contributed by atoms with van der Waals surface area (Å²) < 4.78 is 6.05. The van der Waals surface area contributed by atoms with Crippen LogP contribution in [0, 0.1) is 5.92 Å². The van der Waals surface area contributed by atoms with Gasteiger partial charge in [0.1, 0.15) is 5.75 Å². The summed E-state index contributed by atoms with van der Waals surface area (Å²) in [5, 5.41) is 12.0. The number of rotatable bonds is 4. The summed E-state index contributed by atoms with van der Waals surface area (Å²) in [4.78, 5) is 0. The van der Waals surface area contributed by atoms with Gasteiger partial charge in [0, 0.05) is 5.56 Å². The first-order chi connectivity index (χ1) is 9.22. The molecule has 0 aliphatic heterocycles. The van der Waals surface area contributed by atoms with Gasteiger partial charge in [-0.05, 0) is 50.7 Å². The van der Waals surface area contributed by atoms with Crippen LogP contribution in [0.3, 0.4) is 0 Å². The molecule has 0 saturated heterocycles. The minimum Gasteiger partial charge on any atom is -0.490 e. The Labute approximate surface area is 115 Å². The molecular weight excluding hydrogens is 238 g/mol. The normalized spacial score (nSPS) is 24.2. The quantitative estimate of drug-likeness (QED) is 0.500. The fraction of sp³-hybridized carbons (Fsp3) is 0.562. The van der Waals surface area contributed by atoms with Gasteiger partial charge in [-0.25, -0.2) is 0 Å². The van der Waals surface area contributed by atoms with E-state index in [4.69, 9.17) is 9.94 Å². The number of nitrogens with zero attached hydrogens (tertiary/aromatic N) is 1. The Morgan fingerprint density at radius 2 is 2.05 bits per heavy atom. The van der Waals surface area contributed by atoms with Crippen LogP contribution in [0.4, 0.5) is 0 Å². The molecule has 0 spiro atoms. The lowest BCUT2D eigenvalue weighted by molar-refractivity contribution is 0.130. The maximum Gasteiger partial charge on any atom is 0.120 e. The Kier molecular flexibility index (Phi) is 4.83. The largest absolute Gasteiger partial charge is 0.490 e. The van der Waals surface area contributed by atoms with Crippen LogP contribution in [-0.2, 0) is 0 Å². The van der Waals surface area contributed by atoms with Crippen LogP contribution < -0.4 is 4.74 Å². The molecule has 1 aliphatic carbocycles. The molecule has 0 radical (unpaired) electrons. The van der Waals surface area contributed by atoms with Crippen LogP contribution in [0.15, 0.2) is 29.4 Å². The summed E-state index contributed by atoms with van der Waals surface area (Å²) in [6, 6.07) is 7.79. The summed E-state index contributed by atoms with van der Waals surface area (Å²) in [5.74, 6) is 1.76. The van der Waals surface area contributed by atoms with Crippen molar-refractivity contribution in [3.63, 3.8) is 0 Å². The Balaban J connectivity index is 1.96. The smallest absolute Gasteiger partial charge is 0.120 e. The van der Waals surface area contributed by atoms with E-state index >= 15 is 0 Å². The lowest BCUT2D eigenvalue weighted by Crippen LogP contribution is -2.23. The van der Waals surface area contributed by atoms with Gasteiger partial charge < -0.3 is 9.94 Å². The van der Waals surface area contributed by atoms with Crippen molar-refractivity contribution in [2.24, 2.45) is 11.1 Å². The van der Waals surface area contributed by atoms with Gasteiger partial charge in [0.25, 0.3) is 0 Å². The average molecular weight is 261 g/mol. The number of ether oxygens (including phenoxy) is 1. The molecule has 104 valence electrons. The van der Waals surface area contributed by atoms with Crippen LogP contribution >= 0.6 is 0 Å². The molecule has 0 bridgehead atoms. The van der Waals surface area contributed by atoms with E-state index in [-0.39, 0.29) is 0 Å². The maximum absolute atomic E-state index is 8.80. The van der Waals surface area contributed by atoms with Gasteiger partial charge in [0.2, 0.25) is 0 Å². The van der Waals surface area contributed by atoms with Gasteiger partial charge in [-0.2, -0.15) is 0 Å². The van der Waals surface area contributed by atoms with E-state index in [1.165, 1.54) is 19.3 Å². The van der Waals surface area contributed by atoms with Gasteiger partial charge in [-0.3, -0.25) is 0 Å². The lowest BCUT2D eigenvalue weighted by atomic mass is 9.86. The highest BCUT2D eigenvalue weighted by Crippen LogP contribution is 2.29. The van der Waals surface area contributed by atoms with Crippen molar-refractivity contribution in [2.45, 2.75) is 52.1 Å². The number of hydrogen-bond donors (Lipinski definition) is 1. The van der Waals surface area contributed by atoms with Crippen molar-refractivity contribution < 1.29 is 9.94 Å². The Morgan fingerprint density at radius 3 is 2.68 bits per heavy atom. The van der Waals surface area contributed by atoms with Crippen molar-refractivity contribution >= 4 is 5.71 Å². The summed E-state index contributed by atoms with van der Waals surface area (Å²) >= 11 is 0. The molecule has 0 heterocycles. The van der Waals surface area contributed by atoms with Gasteiger partial charge in [-0.1, -0.05) is 30.6 Å². The molecule has 1 aromatic rings. The van der Waals surface area contributed by atoms with Gasteiger partial charge in [0.15, 0.2) is 0 Å². The van der Waals surface area contributed by atoms with Crippen molar-refractivity contribution in [3.8, 4) is 5.75 Å². The molecule has 0 unspecified atom stereocenters. The van der Waals surface area contributed by atoms with Crippen LogP contribution in [0.5, 0.6) is 5.75 Å². The van der Waals surface area contributed by atoms with E-state index in [1.807, 2.05) is 24.3 Å². The van der Waals surface area contributed by atoms with E-state index in [0.717, 1.165) is 30.1 Å². The minimum atomic E-state index is 0.337. The Bertz CT molecular complexity index is 434. The van der Waals surface area contributed by atoms with Crippen molar-refractivity contribution in [1.29, 1.82) is 0 Å². The van der Waals surface area contributed by atoms with Crippen LogP contribution in [0.2, 0.25) is 0 Å². The van der Waals surface area contributed by atoms with E-state index in [1.54, 1.807) is 6.92 Å². The third-order valence-corrected chi connectivity index (χ3v) is 4.08. The maximum atomic E-state index is 8.80. The first-order valence-electron chi connectivity index (χ1n) is 7.18. The molecule has 1 N–H and O–H groups in total. The van der Waals surface area contributed by atoms with E-state index in [0.29, 0.717) is 11.8 Å². The van der Waals surface area contributed by atoms with E-state index < -0.39 is 0 Å². The molecule has 0 amide bonds. The van der Waals surface area contributed by atoms with Crippen molar-refractivity contribution in [3.05, 3.63) is 29.8 Å². The molecule has 2 rings (SSSR count). The van der Waals surface area contributed by atoms with Crippen LogP contribution in [-0.4, -0.2) is 17.0 Å². The standard InChI is InChI=1S/C16H23NO2/c1-3-13-7-9-15(10-8-13)19-16-6-4-5-14(11-16)12(2)17-18/h4-6,11,13,15,18H,3,7-10H2,1-2H3. The first kappa shape index (κ1) is 13.9. The van der Waals surface area contributed by atoms with Crippen molar-refractivity contribution in [1.82, 2.24) is 0 Å². The Hall–Kier alpha value is -1.51. The monoisotopic (exact) mass is 261 g/mol. The molecule has 1 aliphatic rings. The second-order valence-electron chi connectivity index (χ2n) is 5.38. The third-order valence-electron chi connectivity index (χ3n) is 4.08. The zero-order chi connectivity index (χ0) is 13.7. The highest BCUT2D eigenvalue weighted by Gasteiger charge is 2.21. The summed E-state index contributed by atoms with van der Waals surface area (Å²) in [5.41, 5.74) is 1.52. The van der Waals surface area contributed by atoms with E-state index in [9.17, 15) is 0 Å². The summed E-state index contributed by atoms with van der Waals surface area (Å²) in [7, 11) is 0. The molecule has 19 heavy (non-hydrogen) atoms. The van der Waals surface area contributed by atoms with Gasteiger partial charge in [0.05, 0.1) is 11.8 Å². The van der Waals surface area contributed by atoms with Gasteiger partial charge >= 0.3 is 0 Å². The van der Waals surface area contributed by atoms with Crippen LogP contribution in [0.1, 0.15) is 51.5 Å². The summed E-state index contributed by atoms with van der Waals surface area (Å²) in [6.45, 7) is 4.05. The summed E-state index contributed by atoms with van der Waals surface area (Å²) in [6.07, 6.45) is 6.47. The van der Waals surface area contributed by atoms with Crippen molar-refractivity contribution in [2.75, 3.05) is 0 Å². The fourth-order valence-corrected chi connectivity index (χ4v) is 2.70. The number of oxime groups is 1. The fourth-order valence-electron chi connectivity index (χ4n) is 2.70. The average Bonchev–Trinajstić information content (AvgIpc) is 2.47. The molecular formula is C16H23NO2. The topological polar surface area (TPSA) is 41.8 Å². The van der Waals surface area contributed by atoms with E-state index in [2.05, 4.69) is 12.1 Å². The first-order valence-corrected chi connectivity index (χ1v) is 7.18. The second-order valence-corrected chi connectivity index (χ2v) is 5.38. The molecule has 1 aromatic carbocycles. The molecule has 0 aromatic heterocycles. The number of benzene rings is 1. The molecule has 1 fully saturated rings. The second kappa shape index (κ2) is 6.60. The van der Waals surface area contributed by atoms with Gasteiger partial charge in [-0.15, -0.1) is 0 Å². The Morgan fingerprint density at radius 1 is 1.32 bits per heavy atom.